The fourth-order valence-corrected chi connectivity index (χ4v) is 4.71. The number of thioether (sulfide) groups is 1. The lowest BCUT2D eigenvalue weighted by Crippen LogP contribution is -2.32. The third-order valence-electron chi connectivity index (χ3n) is 5.02. The molecule has 1 aliphatic rings. The standard InChI is InChI=1S/C24H22ClN3O2S/c1-4-11-27-22(29)19(14-26)24-28(18-10-9-15(2)16(3)12-18)23(30)21(31-24)13-17-7-5-6-8-20(17)25/h4-10,12,21H,1,11,13H2,2-3H3,(H,27,29)/b24-19-. The number of anilines is 1. The van der Waals surface area contributed by atoms with Crippen LogP contribution in [0.1, 0.15) is 16.7 Å². The second kappa shape index (κ2) is 9.86. The molecule has 3 rings (SSSR count). The van der Waals surface area contributed by atoms with Crippen molar-refractivity contribution in [2.45, 2.75) is 25.5 Å². The summed E-state index contributed by atoms with van der Waals surface area (Å²) in [7, 11) is 0. The number of benzene rings is 2. The van der Waals surface area contributed by atoms with Gasteiger partial charge in [0.15, 0.2) is 0 Å². The Morgan fingerprint density at radius 2 is 2.03 bits per heavy atom. The van der Waals surface area contributed by atoms with Crippen molar-refractivity contribution in [3.8, 4) is 6.07 Å². The van der Waals surface area contributed by atoms with Gasteiger partial charge in [-0.15, -0.1) is 6.58 Å². The molecule has 2 aromatic carbocycles. The van der Waals surface area contributed by atoms with E-state index in [0.29, 0.717) is 22.2 Å². The van der Waals surface area contributed by atoms with Gasteiger partial charge in [0, 0.05) is 17.3 Å². The van der Waals surface area contributed by atoms with Gasteiger partial charge in [0.25, 0.3) is 5.91 Å². The van der Waals surface area contributed by atoms with Gasteiger partial charge in [-0.1, -0.05) is 53.7 Å². The van der Waals surface area contributed by atoms with Crippen molar-refractivity contribution in [3.63, 3.8) is 0 Å². The van der Waals surface area contributed by atoms with Crippen molar-refractivity contribution in [1.29, 1.82) is 5.26 Å². The summed E-state index contributed by atoms with van der Waals surface area (Å²) >= 11 is 7.52. The molecule has 2 amide bonds. The van der Waals surface area contributed by atoms with Crippen LogP contribution < -0.4 is 10.2 Å². The first-order chi connectivity index (χ1) is 14.9. The molecular weight excluding hydrogens is 430 g/mol. The predicted molar refractivity (Wildman–Crippen MR) is 126 cm³/mol. The molecule has 1 saturated heterocycles. The van der Waals surface area contributed by atoms with E-state index in [1.165, 1.54) is 22.7 Å². The van der Waals surface area contributed by atoms with E-state index in [4.69, 9.17) is 11.6 Å². The molecule has 1 N–H and O–H groups in total. The number of carbonyl (C=O) groups is 2. The second-order valence-electron chi connectivity index (χ2n) is 7.13. The molecule has 5 nitrogen and oxygen atoms in total. The summed E-state index contributed by atoms with van der Waals surface area (Å²) in [5.74, 6) is -0.725. The average Bonchev–Trinajstić information content (AvgIpc) is 3.06. The van der Waals surface area contributed by atoms with E-state index < -0.39 is 11.2 Å². The highest BCUT2D eigenvalue weighted by molar-refractivity contribution is 8.05. The van der Waals surface area contributed by atoms with E-state index in [9.17, 15) is 14.9 Å². The van der Waals surface area contributed by atoms with Gasteiger partial charge in [-0.25, -0.2) is 0 Å². The first kappa shape index (κ1) is 22.7. The number of amides is 2. The summed E-state index contributed by atoms with van der Waals surface area (Å²) in [5, 5.41) is 12.8. The Morgan fingerprint density at radius 1 is 1.29 bits per heavy atom. The lowest BCUT2D eigenvalue weighted by Gasteiger charge is -2.20. The zero-order valence-electron chi connectivity index (χ0n) is 17.3. The molecule has 1 atom stereocenters. The third-order valence-corrected chi connectivity index (χ3v) is 6.66. The van der Waals surface area contributed by atoms with Crippen molar-refractivity contribution in [1.82, 2.24) is 5.32 Å². The smallest absolute Gasteiger partial charge is 0.264 e. The van der Waals surface area contributed by atoms with Crippen molar-refractivity contribution >= 4 is 40.9 Å². The maximum absolute atomic E-state index is 13.5. The minimum atomic E-state index is -0.537. The van der Waals surface area contributed by atoms with Crippen molar-refractivity contribution < 1.29 is 9.59 Å². The van der Waals surface area contributed by atoms with E-state index in [2.05, 4.69) is 11.9 Å². The Labute approximate surface area is 191 Å². The molecule has 0 saturated carbocycles. The molecule has 1 heterocycles. The highest BCUT2D eigenvalue weighted by atomic mass is 35.5. The van der Waals surface area contributed by atoms with E-state index in [1.54, 1.807) is 6.07 Å². The quantitative estimate of drug-likeness (QED) is 0.393. The van der Waals surface area contributed by atoms with Crippen LogP contribution in [0.5, 0.6) is 0 Å². The molecule has 0 aromatic heterocycles. The lowest BCUT2D eigenvalue weighted by molar-refractivity contribution is -0.117. The van der Waals surface area contributed by atoms with Gasteiger partial charge in [0.2, 0.25) is 5.91 Å². The first-order valence-corrected chi connectivity index (χ1v) is 11.0. The number of nitriles is 1. The number of rotatable bonds is 6. The zero-order chi connectivity index (χ0) is 22.5. The maximum Gasteiger partial charge on any atom is 0.264 e. The minimum absolute atomic E-state index is 0.0971. The molecule has 1 unspecified atom stereocenters. The molecule has 158 valence electrons. The Hall–Kier alpha value is -3.01. The van der Waals surface area contributed by atoms with Gasteiger partial charge >= 0.3 is 0 Å². The van der Waals surface area contributed by atoms with Crippen LogP contribution >= 0.6 is 23.4 Å². The van der Waals surface area contributed by atoms with Crippen molar-refractivity contribution in [3.05, 3.63) is 87.4 Å². The third kappa shape index (κ3) is 4.84. The molecule has 31 heavy (non-hydrogen) atoms. The highest BCUT2D eigenvalue weighted by Crippen LogP contribution is 2.42. The van der Waals surface area contributed by atoms with Gasteiger partial charge in [-0.3, -0.25) is 14.5 Å². The number of nitrogens with one attached hydrogen (secondary N) is 1. The highest BCUT2D eigenvalue weighted by Gasteiger charge is 2.41. The molecule has 0 radical (unpaired) electrons. The van der Waals surface area contributed by atoms with Gasteiger partial charge in [-0.05, 0) is 55.2 Å². The molecule has 0 aliphatic carbocycles. The van der Waals surface area contributed by atoms with Gasteiger partial charge in [0.1, 0.15) is 16.7 Å². The Kier molecular flexibility index (Phi) is 7.21. The largest absolute Gasteiger partial charge is 0.348 e. The SMILES string of the molecule is C=CCNC(=O)/C(C#N)=C1\SC(Cc2ccccc2Cl)C(=O)N1c1ccc(C)c(C)c1. The fourth-order valence-electron chi connectivity index (χ4n) is 3.20. The molecule has 0 bridgehead atoms. The maximum atomic E-state index is 13.5. The lowest BCUT2D eigenvalue weighted by atomic mass is 10.1. The minimum Gasteiger partial charge on any atom is -0.348 e. The van der Waals surface area contributed by atoms with Crippen LogP contribution in [-0.2, 0) is 16.0 Å². The van der Waals surface area contributed by atoms with Crippen LogP contribution in [0.15, 0.2) is 65.7 Å². The zero-order valence-corrected chi connectivity index (χ0v) is 18.9. The predicted octanol–water partition coefficient (Wildman–Crippen LogP) is 4.69. The van der Waals surface area contributed by atoms with Crippen LogP contribution in [0.4, 0.5) is 5.69 Å². The molecular formula is C24H22ClN3O2S. The Balaban J connectivity index is 2.07. The first-order valence-electron chi connectivity index (χ1n) is 9.72. The summed E-state index contributed by atoms with van der Waals surface area (Å²) in [6.07, 6.45) is 1.92. The molecule has 2 aromatic rings. The normalized spacial score (nSPS) is 17.3. The Morgan fingerprint density at radius 3 is 2.68 bits per heavy atom. The van der Waals surface area contributed by atoms with Crippen molar-refractivity contribution in [2.75, 3.05) is 11.4 Å². The van der Waals surface area contributed by atoms with Crippen LogP contribution in [0.3, 0.4) is 0 Å². The van der Waals surface area contributed by atoms with Crippen LogP contribution in [0, 0.1) is 25.2 Å². The molecule has 0 spiro atoms. The van der Waals surface area contributed by atoms with E-state index >= 15 is 0 Å². The summed E-state index contributed by atoms with van der Waals surface area (Å²) in [6, 6.07) is 15.0. The van der Waals surface area contributed by atoms with E-state index in [1.807, 2.05) is 56.3 Å². The number of hydrogen-bond donors (Lipinski definition) is 1. The summed E-state index contributed by atoms with van der Waals surface area (Å²) < 4.78 is 0. The summed E-state index contributed by atoms with van der Waals surface area (Å²) in [4.78, 5) is 27.6. The van der Waals surface area contributed by atoms with Crippen LogP contribution in [0.25, 0.3) is 0 Å². The van der Waals surface area contributed by atoms with Gasteiger partial charge < -0.3 is 5.32 Å². The summed E-state index contributed by atoms with van der Waals surface area (Å²) in [5.41, 5.74) is 3.47. The number of hydrogen-bond acceptors (Lipinski definition) is 4. The average molecular weight is 452 g/mol. The molecule has 7 heteroatoms. The van der Waals surface area contributed by atoms with Crippen molar-refractivity contribution in [2.24, 2.45) is 0 Å². The molecule has 1 aliphatic heterocycles. The number of carbonyl (C=O) groups excluding carboxylic acids is 2. The second-order valence-corrected chi connectivity index (χ2v) is 8.73. The van der Waals surface area contributed by atoms with E-state index in [0.717, 1.165) is 16.7 Å². The number of aryl methyl sites for hydroxylation is 2. The number of nitrogens with zero attached hydrogens (tertiary/aromatic N) is 2. The van der Waals surface area contributed by atoms with Gasteiger partial charge in [0.05, 0.1) is 5.25 Å². The Bertz CT molecular complexity index is 1120. The number of halogens is 1. The van der Waals surface area contributed by atoms with Crippen LogP contribution in [-0.4, -0.2) is 23.6 Å². The van der Waals surface area contributed by atoms with E-state index in [-0.39, 0.29) is 18.0 Å². The van der Waals surface area contributed by atoms with Crippen LogP contribution in [0.2, 0.25) is 5.02 Å². The topological polar surface area (TPSA) is 73.2 Å². The molecule has 1 fully saturated rings. The fraction of sp³-hybridized carbons (Fsp3) is 0.208. The summed E-state index contributed by atoms with van der Waals surface area (Å²) in [6.45, 7) is 7.75. The van der Waals surface area contributed by atoms with Gasteiger partial charge in [-0.2, -0.15) is 5.26 Å². The monoisotopic (exact) mass is 451 g/mol.